The maximum atomic E-state index is 13.5. The van der Waals surface area contributed by atoms with E-state index in [1.54, 1.807) is 18.2 Å². The third-order valence-corrected chi connectivity index (χ3v) is 5.17. The van der Waals surface area contributed by atoms with Gasteiger partial charge in [-0.25, -0.2) is 0 Å². The van der Waals surface area contributed by atoms with Crippen LogP contribution in [0.4, 0.5) is 0 Å². The van der Waals surface area contributed by atoms with Crippen molar-refractivity contribution in [3.8, 4) is 17.2 Å². The van der Waals surface area contributed by atoms with E-state index in [1.807, 2.05) is 75.4 Å². The predicted molar refractivity (Wildman–Crippen MR) is 104 cm³/mol. The molecule has 0 aromatic heterocycles. The van der Waals surface area contributed by atoms with E-state index in [0.717, 1.165) is 16.7 Å². The van der Waals surface area contributed by atoms with Crippen molar-refractivity contribution in [1.82, 2.24) is 0 Å². The fourth-order valence-electron chi connectivity index (χ4n) is 2.39. The van der Waals surface area contributed by atoms with Crippen molar-refractivity contribution in [2.75, 3.05) is 0 Å². The Hall–Kier alpha value is -0.905. The Morgan fingerprint density at radius 2 is 0.852 bits per heavy atom. The van der Waals surface area contributed by atoms with Crippen LogP contribution in [0.3, 0.4) is 0 Å². The Kier molecular flexibility index (Phi) is 8.32. The molecular formula is C21H22O4PRb. The van der Waals surface area contributed by atoms with Gasteiger partial charge in [0.25, 0.3) is 0 Å². The van der Waals surface area contributed by atoms with E-state index >= 15 is 0 Å². The number of hydrogen-bond acceptors (Lipinski definition) is 4. The maximum Gasteiger partial charge on any atom is 1.00 e. The molecule has 4 nitrogen and oxygen atoms in total. The molecule has 0 bridgehead atoms. The zero-order valence-corrected chi connectivity index (χ0v) is 21.8. The summed E-state index contributed by atoms with van der Waals surface area (Å²) in [7, 11) is -3.97. The summed E-state index contributed by atoms with van der Waals surface area (Å²) in [6, 6.07) is 22.0. The van der Waals surface area contributed by atoms with Gasteiger partial charge >= 0.3 is 66.0 Å². The van der Waals surface area contributed by atoms with E-state index in [9.17, 15) is 4.57 Å². The summed E-state index contributed by atoms with van der Waals surface area (Å²) in [5, 5.41) is 0. The van der Waals surface area contributed by atoms with Crippen molar-refractivity contribution in [2.45, 2.75) is 20.8 Å². The molecule has 0 spiro atoms. The first-order valence-electron chi connectivity index (χ1n) is 8.32. The molecule has 0 saturated carbocycles. The molecule has 0 radical (unpaired) electrons. The first kappa shape index (κ1) is 22.4. The van der Waals surface area contributed by atoms with Crippen molar-refractivity contribution in [1.29, 1.82) is 0 Å². The van der Waals surface area contributed by atoms with E-state index in [0.29, 0.717) is 17.2 Å². The van der Waals surface area contributed by atoms with E-state index in [-0.39, 0.29) is 59.6 Å². The summed E-state index contributed by atoms with van der Waals surface area (Å²) in [5.41, 5.74) is 2.53. The van der Waals surface area contributed by atoms with Crippen LogP contribution in [0.1, 0.15) is 18.1 Å². The Bertz CT molecular complexity index is 842. The second-order valence-electron chi connectivity index (χ2n) is 6.02. The zero-order chi connectivity index (χ0) is 18.6. The number of aryl methyl sites for hydroxylation is 3. The average molecular weight is 455 g/mol. The predicted octanol–water partition coefficient (Wildman–Crippen LogP) is 3.37. The van der Waals surface area contributed by atoms with Crippen LogP contribution >= 0.6 is 7.82 Å². The average Bonchev–Trinajstić information content (AvgIpc) is 2.61. The van der Waals surface area contributed by atoms with Crippen molar-refractivity contribution < 1.29 is 77.8 Å². The molecule has 0 saturated heterocycles. The first-order valence-corrected chi connectivity index (χ1v) is 9.79. The number of hydrogen-bond donors (Lipinski definition) is 0. The SMILES string of the molecule is Cc1ccccc1OP(=O)(Oc1ccccc1C)Oc1ccccc1C.[H-].[Rb+]. The number of phosphoric ester groups is 1. The molecule has 27 heavy (non-hydrogen) atoms. The molecule has 0 N–H and O–H groups in total. The standard InChI is InChI=1S/C21H21O4P.Rb.H/c1-16-10-4-7-13-19(16)23-26(22,24-20-14-8-5-11-17(20)2)25-21-15-9-6-12-18(21)3;;/h4-15H,1-3H3;;/q;+1;-1. The van der Waals surface area contributed by atoms with Crippen molar-refractivity contribution in [2.24, 2.45) is 0 Å². The van der Waals surface area contributed by atoms with Gasteiger partial charge in [-0.15, -0.1) is 0 Å². The van der Waals surface area contributed by atoms with Crippen molar-refractivity contribution in [3.63, 3.8) is 0 Å². The molecule has 3 rings (SSSR count). The van der Waals surface area contributed by atoms with Gasteiger partial charge < -0.3 is 15.0 Å². The number of phosphoric acid groups is 1. The molecule has 0 aliphatic heterocycles. The molecule has 3 aromatic rings. The molecule has 3 aromatic carbocycles. The molecule has 0 unspecified atom stereocenters. The smallest absolute Gasteiger partial charge is 1.00 e. The molecule has 0 heterocycles. The van der Waals surface area contributed by atoms with Gasteiger partial charge in [0, 0.05) is 0 Å². The van der Waals surface area contributed by atoms with E-state index in [1.165, 1.54) is 0 Å². The van der Waals surface area contributed by atoms with Gasteiger partial charge in [0.2, 0.25) is 0 Å². The third-order valence-electron chi connectivity index (χ3n) is 3.91. The monoisotopic (exact) mass is 454 g/mol. The number of benzene rings is 3. The Balaban J connectivity index is 0.00000196. The summed E-state index contributed by atoms with van der Waals surface area (Å²) in [4.78, 5) is 0. The second kappa shape index (κ2) is 10.0. The minimum Gasteiger partial charge on any atom is -1.00 e. The fraction of sp³-hybridized carbons (Fsp3) is 0.143. The topological polar surface area (TPSA) is 44.8 Å². The van der Waals surface area contributed by atoms with Crippen LogP contribution in [-0.2, 0) is 4.57 Å². The van der Waals surface area contributed by atoms with Crippen LogP contribution in [0, 0.1) is 20.8 Å². The van der Waals surface area contributed by atoms with Gasteiger partial charge in [-0.2, -0.15) is 4.57 Å². The summed E-state index contributed by atoms with van der Waals surface area (Å²) in [5.74, 6) is 1.37. The fourth-order valence-corrected chi connectivity index (χ4v) is 3.84. The van der Waals surface area contributed by atoms with Crippen molar-refractivity contribution in [3.05, 3.63) is 89.5 Å². The van der Waals surface area contributed by atoms with Crippen LogP contribution in [0.2, 0.25) is 0 Å². The third kappa shape index (κ3) is 6.04. The Morgan fingerprint density at radius 3 is 1.11 bits per heavy atom. The van der Waals surface area contributed by atoms with Crippen LogP contribution in [0.25, 0.3) is 0 Å². The van der Waals surface area contributed by atoms with Crippen molar-refractivity contribution >= 4 is 7.82 Å². The van der Waals surface area contributed by atoms with Crippen LogP contribution in [0.15, 0.2) is 72.8 Å². The number of rotatable bonds is 6. The summed E-state index contributed by atoms with van der Waals surface area (Å²) in [6.07, 6.45) is 0. The summed E-state index contributed by atoms with van der Waals surface area (Å²) >= 11 is 0. The normalized spacial score (nSPS) is 10.6. The van der Waals surface area contributed by atoms with Gasteiger partial charge in [0.1, 0.15) is 17.2 Å². The largest absolute Gasteiger partial charge is 1.00 e. The summed E-state index contributed by atoms with van der Waals surface area (Å²) < 4.78 is 30.8. The molecule has 0 aliphatic rings. The minimum atomic E-state index is -3.97. The van der Waals surface area contributed by atoms with Gasteiger partial charge in [0.15, 0.2) is 0 Å². The van der Waals surface area contributed by atoms with Gasteiger partial charge in [-0.3, -0.25) is 0 Å². The van der Waals surface area contributed by atoms with Gasteiger partial charge in [-0.05, 0) is 55.7 Å². The Morgan fingerprint density at radius 1 is 0.593 bits per heavy atom. The van der Waals surface area contributed by atoms with Crippen LogP contribution in [-0.4, -0.2) is 0 Å². The molecule has 6 heteroatoms. The van der Waals surface area contributed by atoms with E-state index in [2.05, 4.69) is 0 Å². The molecule has 0 amide bonds. The van der Waals surface area contributed by atoms with E-state index in [4.69, 9.17) is 13.6 Å². The van der Waals surface area contributed by atoms with E-state index < -0.39 is 7.82 Å². The minimum absolute atomic E-state index is 0. The molecule has 0 aliphatic carbocycles. The molecule has 0 atom stereocenters. The second-order valence-corrected chi connectivity index (χ2v) is 7.46. The Labute approximate surface area is 210 Å². The maximum absolute atomic E-state index is 13.5. The van der Waals surface area contributed by atoms with Crippen LogP contribution < -0.4 is 71.8 Å². The number of para-hydroxylation sites is 3. The van der Waals surface area contributed by atoms with Crippen LogP contribution in [0.5, 0.6) is 17.2 Å². The van der Waals surface area contributed by atoms with Gasteiger partial charge in [0.05, 0.1) is 0 Å². The first-order chi connectivity index (χ1) is 12.5. The van der Waals surface area contributed by atoms with Gasteiger partial charge in [-0.1, -0.05) is 54.6 Å². The summed E-state index contributed by atoms with van der Waals surface area (Å²) in [6.45, 7) is 5.63. The molecule has 0 fully saturated rings. The molecule has 136 valence electrons. The quantitative estimate of drug-likeness (QED) is 0.536. The molecular weight excluding hydrogens is 433 g/mol. The zero-order valence-electron chi connectivity index (χ0n) is 17.0.